The lowest BCUT2D eigenvalue weighted by Crippen LogP contribution is -2.04. The first kappa shape index (κ1) is 23.1. The van der Waals surface area contributed by atoms with E-state index >= 15 is 0 Å². The molecule has 0 atom stereocenters. The van der Waals surface area contributed by atoms with Crippen molar-refractivity contribution in [3.8, 4) is 17.6 Å². The number of aryl methyl sites for hydroxylation is 2. The highest BCUT2D eigenvalue weighted by Gasteiger charge is 2.21. The van der Waals surface area contributed by atoms with E-state index in [1.54, 1.807) is 30.3 Å². The summed E-state index contributed by atoms with van der Waals surface area (Å²) in [5, 5.41) is 9.54. The number of nitrogens with zero attached hydrogens (tertiary/aromatic N) is 1. The van der Waals surface area contributed by atoms with Gasteiger partial charge in [-0.15, -0.1) is 0 Å². The molecule has 0 bridgehead atoms. The Balaban J connectivity index is 1.88. The average Bonchev–Trinajstić information content (AvgIpc) is 2.78. The summed E-state index contributed by atoms with van der Waals surface area (Å²) in [4.78, 5) is -0.254. The van der Waals surface area contributed by atoms with Crippen molar-refractivity contribution in [2.24, 2.45) is 0 Å². The van der Waals surface area contributed by atoms with Crippen molar-refractivity contribution < 1.29 is 17.9 Å². The fraction of sp³-hybridized carbons (Fsp3) is 0.192. The Morgan fingerprint density at radius 2 is 1.53 bits per heavy atom. The van der Waals surface area contributed by atoms with Gasteiger partial charge >= 0.3 is 0 Å². The number of hydrogen-bond donors (Lipinski definition) is 0. The van der Waals surface area contributed by atoms with Crippen LogP contribution in [-0.2, 0) is 16.4 Å². The minimum absolute atomic E-state index is 0.0824. The van der Waals surface area contributed by atoms with Crippen LogP contribution in [0.4, 0.5) is 0 Å². The van der Waals surface area contributed by atoms with Crippen molar-refractivity contribution in [2.75, 3.05) is 6.61 Å². The monoisotopic (exact) mass is 447 g/mol. The molecule has 0 aliphatic rings. The number of sulfone groups is 1. The summed E-state index contributed by atoms with van der Waals surface area (Å²) >= 11 is 0. The third-order valence-electron chi connectivity index (χ3n) is 4.81. The second kappa shape index (κ2) is 10.2. The van der Waals surface area contributed by atoms with E-state index < -0.39 is 9.84 Å². The third kappa shape index (κ3) is 5.57. The second-order valence-corrected chi connectivity index (χ2v) is 9.27. The van der Waals surface area contributed by atoms with Crippen LogP contribution >= 0.6 is 0 Å². The molecule has 0 saturated carbocycles. The average molecular weight is 448 g/mol. The van der Waals surface area contributed by atoms with Crippen LogP contribution in [0.2, 0.25) is 0 Å². The van der Waals surface area contributed by atoms with Crippen molar-refractivity contribution >= 4 is 15.9 Å². The Morgan fingerprint density at radius 1 is 0.906 bits per heavy atom. The number of nitriles is 1. The molecule has 0 aromatic heterocycles. The van der Waals surface area contributed by atoms with Crippen molar-refractivity contribution in [3.63, 3.8) is 0 Å². The van der Waals surface area contributed by atoms with Gasteiger partial charge in [0.05, 0.1) is 11.5 Å². The Labute approximate surface area is 189 Å². The van der Waals surface area contributed by atoms with E-state index in [4.69, 9.17) is 9.47 Å². The fourth-order valence-electron chi connectivity index (χ4n) is 3.01. The zero-order valence-electron chi connectivity index (χ0n) is 18.3. The van der Waals surface area contributed by atoms with Crippen molar-refractivity contribution in [2.45, 2.75) is 32.3 Å². The van der Waals surface area contributed by atoms with Crippen LogP contribution in [0.15, 0.2) is 76.5 Å². The third-order valence-corrected chi connectivity index (χ3v) is 6.49. The first-order chi connectivity index (χ1) is 15.3. The normalized spacial score (nSPS) is 11.6. The van der Waals surface area contributed by atoms with Gasteiger partial charge in [0.2, 0.25) is 9.84 Å². The Morgan fingerprint density at radius 3 is 2.12 bits per heavy atom. The number of benzene rings is 3. The van der Waals surface area contributed by atoms with Crippen molar-refractivity contribution in [1.82, 2.24) is 0 Å². The van der Waals surface area contributed by atoms with E-state index in [2.05, 4.69) is 0 Å². The summed E-state index contributed by atoms with van der Waals surface area (Å²) in [6.45, 7) is 6.55. The first-order valence-electron chi connectivity index (χ1n) is 10.2. The molecule has 3 aromatic carbocycles. The maximum absolute atomic E-state index is 12.9. The summed E-state index contributed by atoms with van der Waals surface area (Å²) in [6, 6.07) is 21.4. The van der Waals surface area contributed by atoms with Crippen LogP contribution in [0.1, 0.15) is 29.2 Å². The SMILES string of the molecule is CCOc1cc(/C=C(\C#N)S(=O)(=O)c2ccc(C)cc2)ccc1OCc1ccc(C)cc1. The van der Waals surface area contributed by atoms with E-state index in [0.29, 0.717) is 30.3 Å². The molecule has 3 rings (SSSR count). The van der Waals surface area contributed by atoms with Gasteiger partial charge in [-0.25, -0.2) is 8.42 Å². The summed E-state index contributed by atoms with van der Waals surface area (Å²) in [5.41, 5.74) is 3.67. The minimum atomic E-state index is -3.92. The quantitative estimate of drug-likeness (QED) is 0.419. The van der Waals surface area contributed by atoms with E-state index in [9.17, 15) is 13.7 Å². The van der Waals surface area contributed by atoms with Gasteiger partial charge < -0.3 is 9.47 Å². The highest BCUT2D eigenvalue weighted by atomic mass is 32.2. The molecular weight excluding hydrogens is 422 g/mol. The van der Waals surface area contributed by atoms with Crippen LogP contribution in [0.5, 0.6) is 11.5 Å². The largest absolute Gasteiger partial charge is 0.490 e. The molecule has 0 fully saturated rings. The van der Waals surface area contributed by atoms with Gasteiger partial charge in [0.25, 0.3) is 0 Å². The minimum Gasteiger partial charge on any atom is -0.490 e. The first-order valence-corrected chi connectivity index (χ1v) is 11.7. The molecule has 6 heteroatoms. The van der Waals surface area contributed by atoms with Gasteiger partial charge in [0.1, 0.15) is 17.6 Å². The van der Waals surface area contributed by atoms with Crippen molar-refractivity contribution in [1.29, 1.82) is 5.26 Å². The van der Waals surface area contributed by atoms with E-state index in [1.807, 2.05) is 51.1 Å². The fourth-order valence-corrected chi connectivity index (χ4v) is 4.17. The second-order valence-electron chi connectivity index (χ2n) is 7.35. The van der Waals surface area contributed by atoms with Gasteiger partial charge in [0, 0.05) is 0 Å². The Kier molecular flexibility index (Phi) is 7.34. The molecule has 0 aliphatic heterocycles. The predicted octanol–water partition coefficient (Wildman–Crippen LogP) is 5.62. The molecule has 32 heavy (non-hydrogen) atoms. The maximum Gasteiger partial charge on any atom is 0.216 e. The van der Waals surface area contributed by atoms with Gasteiger partial charge in [-0.05, 0) is 62.2 Å². The number of ether oxygens (including phenoxy) is 2. The zero-order chi connectivity index (χ0) is 23.1. The standard InChI is InChI=1S/C26H25NO4S/c1-4-30-26-16-22(11-14-25(26)31-18-21-9-5-19(2)6-10-21)15-24(17-27)32(28,29)23-12-7-20(3)8-13-23/h5-16H,4,18H2,1-3H3/b24-15+. The van der Waals surface area contributed by atoms with Gasteiger partial charge in [0.15, 0.2) is 11.5 Å². The van der Waals surface area contributed by atoms with E-state index in [1.165, 1.54) is 23.8 Å². The van der Waals surface area contributed by atoms with Crippen LogP contribution in [-0.4, -0.2) is 15.0 Å². The molecule has 0 unspecified atom stereocenters. The Hall–Kier alpha value is -3.56. The number of rotatable bonds is 8. The molecule has 0 aliphatic carbocycles. The summed E-state index contributed by atoms with van der Waals surface area (Å²) in [7, 11) is -3.92. The Bertz CT molecular complexity index is 1250. The van der Waals surface area contributed by atoms with Crippen LogP contribution in [0, 0.1) is 25.2 Å². The molecule has 3 aromatic rings. The molecule has 0 N–H and O–H groups in total. The van der Waals surface area contributed by atoms with Gasteiger partial charge in [-0.3, -0.25) is 0 Å². The van der Waals surface area contributed by atoms with Crippen LogP contribution in [0.3, 0.4) is 0 Å². The van der Waals surface area contributed by atoms with Crippen molar-refractivity contribution in [3.05, 3.63) is 93.9 Å². The summed E-state index contributed by atoms with van der Waals surface area (Å²) in [5.74, 6) is 1.03. The molecule has 5 nitrogen and oxygen atoms in total. The van der Waals surface area contributed by atoms with Gasteiger partial charge in [-0.1, -0.05) is 53.6 Å². The van der Waals surface area contributed by atoms with Gasteiger partial charge in [-0.2, -0.15) is 5.26 Å². The van der Waals surface area contributed by atoms with E-state index in [-0.39, 0.29) is 9.80 Å². The van der Waals surface area contributed by atoms with E-state index in [0.717, 1.165) is 11.1 Å². The molecule has 0 saturated heterocycles. The maximum atomic E-state index is 12.9. The molecule has 0 radical (unpaired) electrons. The molecule has 0 amide bonds. The highest BCUT2D eigenvalue weighted by molar-refractivity contribution is 7.95. The number of allylic oxidation sites excluding steroid dienone is 1. The highest BCUT2D eigenvalue weighted by Crippen LogP contribution is 2.31. The zero-order valence-corrected chi connectivity index (χ0v) is 19.1. The molecule has 0 spiro atoms. The molecule has 164 valence electrons. The van der Waals surface area contributed by atoms with Crippen LogP contribution < -0.4 is 9.47 Å². The smallest absolute Gasteiger partial charge is 0.216 e. The lowest BCUT2D eigenvalue weighted by Gasteiger charge is -2.13. The predicted molar refractivity (Wildman–Crippen MR) is 125 cm³/mol. The number of hydrogen-bond acceptors (Lipinski definition) is 5. The topological polar surface area (TPSA) is 76.4 Å². The molecular formula is C26H25NO4S. The summed E-state index contributed by atoms with van der Waals surface area (Å²) < 4.78 is 37.4. The lowest BCUT2D eigenvalue weighted by molar-refractivity contribution is 0.269. The summed E-state index contributed by atoms with van der Waals surface area (Å²) in [6.07, 6.45) is 1.35. The van der Waals surface area contributed by atoms with Crippen LogP contribution in [0.25, 0.3) is 6.08 Å². The molecule has 0 heterocycles. The lowest BCUT2D eigenvalue weighted by atomic mass is 10.1.